The number of hydrogen-bond acceptors (Lipinski definition) is 4. The molecule has 0 saturated heterocycles. The summed E-state index contributed by atoms with van der Waals surface area (Å²) in [6.45, 7) is 1.89. The summed E-state index contributed by atoms with van der Waals surface area (Å²) < 4.78 is 15.0. The molecule has 0 saturated carbocycles. The Morgan fingerprint density at radius 2 is 2.12 bits per heavy atom. The van der Waals surface area contributed by atoms with E-state index < -0.39 is 0 Å². The fraction of sp³-hybridized carbons (Fsp3) is 0.273. The summed E-state index contributed by atoms with van der Waals surface area (Å²) in [5.74, 6) is 2.04. The lowest BCUT2D eigenvalue weighted by Gasteiger charge is -2.03. The molecular weight excluding hydrogens is 239 g/mol. The third kappa shape index (κ3) is 2.76. The molecule has 2 rings (SSSR count). The Balaban J connectivity index is 2.09. The molecule has 1 aromatic heterocycles. The lowest BCUT2D eigenvalue weighted by atomic mass is 10.3. The number of halogens is 1. The molecule has 1 aromatic carbocycles. The number of hydrogen-bond donors (Lipinski definition) is 1. The molecule has 0 atom stereocenters. The first kappa shape index (κ1) is 11.9. The second kappa shape index (κ2) is 4.75. The average Bonchev–Trinajstić information content (AvgIpc) is 2.56. The Hall–Kier alpha value is -1.56. The third-order valence-corrected chi connectivity index (χ3v) is 3.42. The van der Waals surface area contributed by atoms with Gasteiger partial charge in [0.25, 0.3) is 0 Å². The number of nitrogens with zero attached hydrogens (tertiary/aromatic N) is 3. The first-order valence-electron chi connectivity index (χ1n) is 5.10. The fourth-order valence-corrected chi connectivity index (χ4v) is 2.35. The van der Waals surface area contributed by atoms with Crippen molar-refractivity contribution in [3.63, 3.8) is 0 Å². The molecule has 0 bridgehead atoms. The van der Waals surface area contributed by atoms with E-state index in [0.29, 0.717) is 11.4 Å². The first-order valence-corrected chi connectivity index (χ1v) is 6.08. The quantitative estimate of drug-likeness (QED) is 0.671. The van der Waals surface area contributed by atoms with Gasteiger partial charge < -0.3 is 10.3 Å². The molecule has 0 radical (unpaired) electrons. The lowest BCUT2D eigenvalue weighted by molar-refractivity contribution is 0.625. The van der Waals surface area contributed by atoms with Crippen LogP contribution >= 0.6 is 11.8 Å². The number of rotatable bonds is 3. The predicted octanol–water partition coefficient (Wildman–Crippen LogP) is 2.14. The van der Waals surface area contributed by atoms with Gasteiger partial charge in [-0.05, 0) is 25.1 Å². The highest BCUT2D eigenvalue weighted by atomic mass is 32.2. The summed E-state index contributed by atoms with van der Waals surface area (Å²) >= 11 is 1.49. The summed E-state index contributed by atoms with van der Waals surface area (Å²) in [4.78, 5) is 0.795. The standard InChI is InChI=1S/C11H13FN4S/c1-7-14-15-11(16(7)2)6-17-10-4-8(12)3-9(13)5-10/h3-5H,6,13H2,1-2H3. The van der Waals surface area contributed by atoms with Crippen molar-refractivity contribution < 1.29 is 4.39 Å². The Labute approximate surface area is 103 Å². The van der Waals surface area contributed by atoms with Crippen LogP contribution in [0.5, 0.6) is 0 Å². The minimum absolute atomic E-state index is 0.318. The van der Waals surface area contributed by atoms with Crippen molar-refractivity contribution in [2.24, 2.45) is 7.05 Å². The minimum Gasteiger partial charge on any atom is -0.399 e. The molecule has 0 aliphatic carbocycles. The van der Waals surface area contributed by atoms with E-state index in [9.17, 15) is 4.39 Å². The molecular formula is C11H13FN4S. The van der Waals surface area contributed by atoms with Crippen molar-refractivity contribution in [2.45, 2.75) is 17.6 Å². The van der Waals surface area contributed by atoms with E-state index in [1.807, 2.05) is 18.5 Å². The number of aryl methyl sites for hydroxylation is 1. The van der Waals surface area contributed by atoms with Gasteiger partial charge in [0.1, 0.15) is 17.5 Å². The van der Waals surface area contributed by atoms with Gasteiger partial charge in [0, 0.05) is 17.6 Å². The van der Waals surface area contributed by atoms with Gasteiger partial charge in [-0.3, -0.25) is 0 Å². The summed E-state index contributed by atoms with van der Waals surface area (Å²) in [6, 6.07) is 4.51. The van der Waals surface area contributed by atoms with Crippen LogP contribution in [0.4, 0.5) is 10.1 Å². The highest BCUT2D eigenvalue weighted by Crippen LogP contribution is 2.24. The largest absolute Gasteiger partial charge is 0.399 e. The van der Waals surface area contributed by atoms with Crippen molar-refractivity contribution in [1.29, 1.82) is 0 Å². The molecule has 0 amide bonds. The normalized spacial score (nSPS) is 10.8. The zero-order valence-electron chi connectivity index (χ0n) is 9.64. The van der Waals surface area contributed by atoms with Crippen LogP contribution in [0.15, 0.2) is 23.1 Å². The Bertz CT molecular complexity index is 518. The number of nitrogens with two attached hydrogens (primary N) is 1. The van der Waals surface area contributed by atoms with Crippen molar-refractivity contribution in [1.82, 2.24) is 14.8 Å². The van der Waals surface area contributed by atoms with E-state index in [1.54, 1.807) is 6.07 Å². The van der Waals surface area contributed by atoms with E-state index in [0.717, 1.165) is 16.5 Å². The highest BCUT2D eigenvalue weighted by molar-refractivity contribution is 7.98. The number of thioether (sulfide) groups is 1. The molecule has 2 N–H and O–H groups in total. The van der Waals surface area contributed by atoms with Gasteiger partial charge in [0.15, 0.2) is 0 Å². The maximum atomic E-state index is 13.1. The van der Waals surface area contributed by atoms with Crippen molar-refractivity contribution in [2.75, 3.05) is 5.73 Å². The van der Waals surface area contributed by atoms with Gasteiger partial charge >= 0.3 is 0 Å². The van der Waals surface area contributed by atoms with Crippen LogP contribution in [-0.2, 0) is 12.8 Å². The van der Waals surface area contributed by atoms with E-state index >= 15 is 0 Å². The number of benzene rings is 1. The zero-order valence-corrected chi connectivity index (χ0v) is 10.5. The first-order chi connectivity index (χ1) is 8.06. The zero-order chi connectivity index (χ0) is 12.4. The Morgan fingerprint density at radius 1 is 1.35 bits per heavy atom. The van der Waals surface area contributed by atoms with E-state index in [4.69, 9.17) is 5.73 Å². The van der Waals surface area contributed by atoms with Crippen LogP contribution in [0, 0.1) is 12.7 Å². The molecule has 90 valence electrons. The third-order valence-electron chi connectivity index (χ3n) is 2.44. The highest BCUT2D eigenvalue weighted by Gasteiger charge is 2.06. The molecule has 0 aliphatic heterocycles. The predicted molar refractivity (Wildman–Crippen MR) is 66.1 cm³/mol. The van der Waals surface area contributed by atoms with Gasteiger partial charge in [-0.2, -0.15) is 0 Å². The molecule has 6 heteroatoms. The van der Waals surface area contributed by atoms with Crippen LogP contribution in [0.25, 0.3) is 0 Å². The topological polar surface area (TPSA) is 56.7 Å². The maximum Gasteiger partial charge on any atom is 0.143 e. The number of anilines is 1. The maximum absolute atomic E-state index is 13.1. The molecule has 0 spiro atoms. The van der Waals surface area contributed by atoms with E-state index in [-0.39, 0.29) is 5.82 Å². The van der Waals surface area contributed by atoms with Crippen LogP contribution in [0.3, 0.4) is 0 Å². The molecule has 0 fully saturated rings. The Kier molecular flexibility index (Phi) is 3.33. The second-order valence-electron chi connectivity index (χ2n) is 3.73. The van der Waals surface area contributed by atoms with Crippen LogP contribution in [0.1, 0.15) is 11.6 Å². The molecule has 17 heavy (non-hydrogen) atoms. The fourth-order valence-electron chi connectivity index (χ4n) is 1.39. The van der Waals surface area contributed by atoms with Crippen molar-refractivity contribution >= 4 is 17.4 Å². The van der Waals surface area contributed by atoms with Gasteiger partial charge in [-0.1, -0.05) is 0 Å². The van der Waals surface area contributed by atoms with Gasteiger partial charge in [-0.25, -0.2) is 4.39 Å². The minimum atomic E-state index is -0.318. The van der Waals surface area contributed by atoms with Crippen LogP contribution in [0.2, 0.25) is 0 Å². The van der Waals surface area contributed by atoms with Gasteiger partial charge in [-0.15, -0.1) is 22.0 Å². The van der Waals surface area contributed by atoms with Gasteiger partial charge in [0.2, 0.25) is 0 Å². The molecule has 0 aliphatic rings. The molecule has 0 unspecified atom stereocenters. The summed E-state index contributed by atoms with van der Waals surface area (Å²) in [7, 11) is 1.91. The molecule has 2 aromatic rings. The summed E-state index contributed by atoms with van der Waals surface area (Å²) in [5.41, 5.74) is 6.01. The Morgan fingerprint density at radius 3 is 2.71 bits per heavy atom. The van der Waals surface area contributed by atoms with Crippen molar-refractivity contribution in [3.05, 3.63) is 35.7 Å². The molecule has 1 heterocycles. The SMILES string of the molecule is Cc1nnc(CSc2cc(N)cc(F)c2)n1C. The average molecular weight is 252 g/mol. The summed E-state index contributed by atoms with van der Waals surface area (Å²) in [6.07, 6.45) is 0. The van der Waals surface area contributed by atoms with Crippen LogP contribution in [-0.4, -0.2) is 14.8 Å². The van der Waals surface area contributed by atoms with E-state index in [2.05, 4.69) is 10.2 Å². The number of nitrogen functional groups attached to an aromatic ring is 1. The second-order valence-corrected chi connectivity index (χ2v) is 4.78. The van der Waals surface area contributed by atoms with Crippen LogP contribution < -0.4 is 5.73 Å². The van der Waals surface area contributed by atoms with E-state index in [1.165, 1.54) is 23.9 Å². The monoisotopic (exact) mass is 252 g/mol. The lowest BCUT2D eigenvalue weighted by Crippen LogP contribution is -1.97. The molecule has 4 nitrogen and oxygen atoms in total. The number of aromatic nitrogens is 3. The summed E-state index contributed by atoms with van der Waals surface area (Å²) in [5, 5.41) is 8.01. The smallest absolute Gasteiger partial charge is 0.143 e. The van der Waals surface area contributed by atoms with Gasteiger partial charge in [0.05, 0.1) is 5.75 Å². The van der Waals surface area contributed by atoms with Crippen molar-refractivity contribution in [3.8, 4) is 0 Å².